The molecule has 2 rings (SSSR count). The van der Waals surface area contributed by atoms with Gasteiger partial charge in [0.2, 0.25) is 0 Å². The first kappa shape index (κ1) is 13.1. The molecular weight excluding hydrogens is 242 g/mol. The third kappa shape index (κ3) is 1.85. The molecule has 2 aromatic rings. The number of rotatable bonds is 2. The molecule has 0 unspecified atom stereocenters. The van der Waals surface area contributed by atoms with E-state index >= 15 is 0 Å². The van der Waals surface area contributed by atoms with E-state index in [1.165, 1.54) is 9.13 Å². The summed E-state index contributed by atoms with van der Waals surface area (Å²) in [5.74, 6) is 0. The predicted molar refractivity (Wildman–Crippen MR) is 73.2 cm³/mol. The van der Waals surface area contributed by atoms with Crippen LogP contribution < -0.4 is 11.2 Å². The van der Waals surface area contributed by atoms with Crippen LogP contribution in [0.15, 0.2) is 21.7 Å². The highest BCUT2D eigenvalue weighted by atomic mass is 16.2. The molecule has 5 heteroatoms. The minimum atomic E-state index is -0.316. The number of hydrogen-bond acceptors (Lipinski definition) is 3. The fraction of sp³-hybridized carbons (Fsp3) is 0.357. The molecule has 0 aliphatic carbocycles. The van der Waals surface area contributed by atoms with Gasteiger partial charge in [0.15, 0.2) is 0 Å². The average molecular weight is 257 g/mol. The molecule has 0 atom stereocenters. The van der Waals surface area contributed by atoms with Gasteiger partial charge in [0.25, 0.3) is 5.56 Å². The van der Waals surface area contributed by atoms with E-state index in [4.69, 9.17) is 5.26 Å². The van der Waals surface area contributed by atoms with Crippen LogP contribution in [0.4, 0.5) is 0 Å². The van der Waals surface area contributed by atoms with E-state index in [9.17, 15) is 9.59 Å². The Morgan fingerprint density at radius 3 is 2.58 bits per heavy atom. The summed E-state index contributed by atoms with van der Waals surface area (Å²) >= 11 is 0. The monoisotopic (exact) mass is 257 g/mol. The minimum Gasteiger partial charge on any atom is -0.296 e. The Bertz CT molecular complexity index is 807. The fourth-order valence-corrected chi connectivity index (χ4v) is 2.29. The molecule has 0 spiro atoms. The number of hydrogen-bond donors (Lipinski definition) is 0. The van der Waals surface area contributed by atoms with Crippen molar-refractivity contribution < 1.29 is 0 Å². The van der Waals surface area contributed by atoms with Crippen LogP contribution in [-0.4, -0.2) is 9.13 Å². The van der Waals surface area contributed by atoms with Crippen LogP contribution in [0.25, 0.3) is 10.9 Å². The van der Waals surface area contributed by atoms with Crippen molar-refractivity contribution in [3.63, 3.8) is 0 Å². The maximum atomic E-state index is 12.4. The van der Waals surface area contributed by atoms with Crippen molar-refractivity contribution in [2.24, 2.45) is 7.05 Å². The Labute approximate surface area is 110 Å². The number of aromatic nitrogens is 2. The van der Waals surface area contributed by atoms with Crippen molar-refractivity contribution in [1.82, 2.24) is 9.13 Å². The molecule has 5 nitrogen and oxygen atoms in total. The van der Waals surface area contributed by atoms with Crippen molar-refractivity contribution >= 4 is 10.9 Å². The molecule has 0 amide bonds. The van der Waals surface area contributed by atoms with Gasteiger partial charge in [-0.05, 0) is 31.0 Å². The predicted octanol–water partition coefficient (Wildman–Crippen LogP) is 1.29. The summed E-state index contributed by atoms with van der Waals surface area (Å²) in [4.78, 5) is 24.5. The van der Waals surface area contributed by atoms with E-state index in [0.717, 1.165) is 0 Å². The van der Waals surface area contributed by atoms with Crippen molar-refractivity contribution in [3.8, 4) is 6.07 Å². The highest BCUT2D eigenvalue weighted by Crippen LogP contribution is 2.16. The lowest BCUT2D eigenvalue weighted by Gasteiger charge is -2.12. The second-order valence-electron chi connectivity index (χ2n) is 4.54. The van der Waals surface area contributed by atoms with Crippen LogP contribution in [0.1, 0.15) is 24.5 Å². The van der Waals surface area contributed by atoms with Crippen molar-refractivity contribution in [3.05, 3.63) is 44.1 Å². The van der Waals surface area contributed by atoms with Crippen LogP contribution in [0.5, 0.6) is 0 Å². The Morgan fingerprint density at radius 2 is 2.00 bits per heavy atom. The van der Waals surface area contributed by atoms with Gasteiger partial charge >= 0.3 is 5.69 Å². The van der Waals surface area contributed by atoms with Crippen molar-refractivity contribution in [2.75, 3.05) is 0 Å². The van der Waals surface area contributed by atoms with E-state index in [2.05, 4.69) is 6.07 Å². The fourth-order valence-electron chi connectivity index (χ4n) is 2.29. The zero-order chi connectivity index (χ0) is 14.2. The molecule has 0 saturated heterocycles. The van der Waals surface area contributed by atoms with Gasteiger partial charge in [0.05, 0.1) is 22.5 Å². The Hall–Kier alpha value is -2.35. The van der Waals surface area contributed by atoms with Gasteiger partial charge in [-0.2, -0.15) is 5.26 Å². The molecule has 1 aromatic heterocycles. The highest BCUT2D eigenvalue weighted by Gasteiger charge is 2.14. The van der Waals surface area contributed by atoms with Gasteiger partial charge in [-0.1, -0.05) is 6.92 Å². The molecule has 98 valence electrons. The van der Waals surface area contributed by atoms with E-state index in [1.807, 2.05) is 6.92 Å². The Morgan fingerprint density at radius 1 is 1.32 bits per heavy atom. The summed E-state index contributed by atoms with van der Waals surface area (Å²) in [5.41, 5.74) is 1.04. The Kier molecular flexibility index (Phi) is 3.26. The van der Waals surface area contributed by atoms with Crippen LogP contribution in [0.2, 0.25) is 0 Å². The molecular formula is C14H15N3O2. The summed E-state index contributed by atoms with van der Waals surface area (Å²) in [6, 6.07) is 5.36. The summed E-state index contributed by atoms with van der Waals surface area (Å²) < 4.78 is 2.69. The highest BCUT2D eigenvalue weighted by molar-refractivity contribution is 5.83. The number of fused-ring (bicyclic) bond motifs is 1. The normalized spacial score (nSPS) is 10.6. The topological polar surface area (TPSA) is 67.8 Å². The van der Waals surface area contributed by atoms with Gasteiger partial charge in [-0.3, -0.25) is 13.9 Å². The van der Waals surface area contributed by atoms with Crippen molar-refractivity contribution in [2.45, 2.75) is 26.8 Å². The zero-order valence-electron chi connectivity index (χ0n) is 11.2. The van der Waals surface area contributed by atoms with E-state index in [0.29, 0.717) is 35.0 Å². The van der Waals surface area contributed by atoms with E-state index in [-0.39, 0.29) is 11.2 Å². The zero-order valence-corrected chi connectivity index (χ0v) is 11.2. The molecule has 0 saturated carbocycles. The molecule has 19 heavy (non-hydrogen) atoms. The number of aryl methyl sites for hydroxylation is 2. The third-order valence-corrected chi connectivity index (χ3v) is 3.35. The molecule has 0 N–H and O–H groups in total. The summed E-state index contributed by atoms with van der Waals surface area (Å²) in [6.07, 6.45) is 0.706. The first-order valence-electron chi connectivity index (χ1n) is 6.16. The largest absolute Gasteiger partial charge is 0.331 e. The quantitative estimate of drug-likeness (QED) is 0.814. The van der Waals surface area contributed by atoms with Crippen LogP contribution in [-0.2, 0) is 13.6 Å². The summed E-state index contributed by atoms with van der Waals surface area (Å²) in [7, 11) is 1.64. The number of nitrogens with zero attached hydrogens (tertiary/aromatic N) is 3. The SMILES string of the molecule is CCCn1c(=O)c2c(C)c(C#N)ccc2n(C)c1=O. The van der Waals surface area contributed by atoms with Gasteiger partial charge in [-0.25, -0.2) is 4.79 Å². The second kappa shape index (κ2) is 4.73. The number of benzene rings is 1. The second-order valence-corrected chi connectivity index (χ2v) is 4.54. The molecule has 1 heterocycles. The molecule has 0 aliphatic rings. The van der Waals surface area contributed by atoms with Crippen LogP contribution >= 0.6 is 0 Å². The van der Waals surface area contributed by atoms with E-state index in [1.54, 1.807) is 26.1 Å². The number of nitriles is 1. The van der Waals surface area contributed by atoms with Gasteiger partial charge in [0, 0.05) is 13.6 Å². The lowest BCUT2D eigenvalue weighted by atomic mass is 10.0. The average Bonchev–Trinajstić information content (AvgIpc) is 2.40. The smallest absolute Gasteiger partial charge is 0.296 e. The maximum Gasteiger partial charge on any atom is 0.331 e. The van der Waals surface area contributed by atoms with E-state index < -0.39 is 0 Å². The lowest BCUT2D eigenvalue weighted by molar-refractivity contribution is 0.594. The minimum absolute atomic E-state index is 0.311. The Balaban J connectivity index is 3.06. The lowest BCUT2D eigenvalue weighted by Crippen LogP contribution is -2.39. The third-order valence-electron chi connectivity index (χ3n) is 3.35. The van der Waals surface area contributed by atoms with Crippen LogP contribution in [0, 0.1) is 18.3 Å². The molecule has 1 aromatic carbocycles. The molecule has 0 radical (unpaired) electrons. The molecule has 0 aliphatic heterocycles. The maximum absolute atomic E-state index is 12.4. The molecule has 0 fully saturated rings. The van der Waals surface area contributed by atoms with Gasteiger partial charge in [-0.15, -0.1) is 0 Å². The van der Waals surface area contributed by atoms with Crippen LogP contribution in [0.3, 0.4) is 0 Å². The first-order valence-corrected chi connectivity index (χ1v) is 6.16. The summed E-state index contributed by atoms with van der Waals surface area (Å²) in [6.45, 7) is 4.04. The first-order chi connectivity index (χ1) is 9.02. The standard InChI is InChI=1S/C14H15N3O2/c1-4-7-17-13(18)12-9(2)10(8-15)5-6-11(12)16(3)14(17)19/h5-6H,4,7H2,1-3H3. The summed E-state index contributed by atoms with van der Waals surface area (Å²) in [5, 5.41) is 9.49. The van der Waals surface area contributed by atoms with Gasteiger partial charge < -0.3 is 0 Å². The van der Waals surface area contributed by atoms with Gasteiger partial charge in [0.1, 0.15) is 0 Å². The van der Waals surface area contributed by atoms with Crippen molar-refractivity contribution in [1.29, 1.82) is 5.26 Å². The molecule has 0 bridgehead atoms.